The Morgan fingerprint density at radius 2 is 1.89 bits per heavy atom. The zero-order chi connectivity index (χ0) is 13.9. The fourth-order valence-electron chi connectivity index (χ4n) is 2.26. The lowest BCUT2D eigenvalue weighted by atomic mass is 10.1. The average molecular weight is 282 g/mol. The van der Waals surface area contributed by atoms with Crippen LogP contribution in [-0.2, 0) is 16.4 Å². The summed E-state index contributed by atoms with van der Waals surface area (Å²) in [7, 11) is -3.32. The molecule has 0 atom stereocenters. The first-order valence-corrected chi connectivity index (χ1v) is 8.34. The lowest BCUT2D eigenvalue weighted by Crippen LogP contribution is -2.32. The molecule has 0 amide bonds. The summed E-state index contributed by atoms with van der Waals surface area (Å²) in [6.45, 7) is 3.10. The third-order valence-corrected chi connectivity index (χ3v) is 5.51. The molecule has 0 aromatic heterocycles. The summed E-state index contributed by atoms with van der Waals surface area (Å²) in [5, 5.41) is 0. The molecule has 0 spiro atoms. The topological polar surface area (TPSA) is 63.4 Å². The predicted molar refractivity (Wildman–Crippen MR) is 76.4 cm³/mol. The number of hydrogen-bond donors (Lipinski definition) is 1. The van der Waals surface area contributed by atoms with Crippen molar-refractivity contribution in [3.05, 3.63) is 29.8 Å². The molecule has 1 saturated carbocycles. The second-order valence-corrected chi connectivity index (χ2v) is 6.87. The second-order valence-electron chi connectivity index (χ2n) is 4.98. The van der Waals surface area contributed by atoms with E-state index >= 15 is 0 Å². The minimum Gasteiger partial charge on any atom is -0.330 e. The Morgan fingerprint density at radius 3 is 2.37 bits per heavy atom. The fraction of sp³-hybridized carbons (Fsp3) is 0.571. The largest absolute Gasteiger partial charge is 0.330 e. The van der Waals surface area contributed by atoms with Gasteiger partial charge in [-0.05, 0) is 49.9 Å². The molecule has 0 bridgehead atoms. The Bertz CT molecular complexity index is 507. The van der Waals surface area contributed by atoms with E-state index in [1.54, 1.807) is 16.4 Å². The van der Waals surface area contributed by atoms with Crippen LogP contribution in [0.4, 0.5) is 0 Å². The van der Waals surface area contributed by atoms with Crippen molar-refractivity contribution in [2.75, 3.05) is 13.1 Å². The van der Waals surface area contributed by atoms with Gasteiger partial charge in [-0.25, -0.2) is 8.42 Å². The van der Waals surface area contributed by atoms with E-state index in [9.17, 15) is 8.42 Å². The molecule has 106 valence electrons. The normalized spacial score (nSPS) is 15.9. The molecule has 1 aromatic rings. The lowest BCUT2D eigenvalue weighted by molar-refractivity contribution is 0.421. The summed E-state index contributed by atoms with van der Waals surface area (Å²) in [5.74, 6) is 0. The van der Waals surface area contributed by atoms with E-state index in [1.165, 1.54) is 0 Å². The highest BCUT2D eigenvalue weighted by Crippen LogP contribution is 2.31. The van der Waals surface area contributed by atoms with Gasteiger partial charge in [-0.2, -0.15) is 4.31 Å². The first-order chi connectivity index (χ1) is 9.09. The van der Waals surface area contributed by atoms with Crippen LogP contribution >= 0.6 is 0 Å². The van der Waals surface area contributed by atoms with Gasteiger partial charge in [0.25, 0.3) is 0 Å². The highest BCUT2D eigenvalue weighted by atomic mass is 32.2. The van der Waals surface area contributed by atoms with Crippen molar-refractivity contribution in [1.82, 2.24) is 4.31 Å². The second kappa shape index (κ2) is 6.03. The SMILES string of the molecule is CCN(C1CC1)S(=O)(=O)c1ccc(CCCN)cc1. The van der Waals surface area contributed by atoms with Crippen LogP contribution in [0.1, 0.15) is 31.7 Å². The molecular formula is C14H22N2O2S. The molecule has 0 radical (unpaired) electrons. The van der Waals surface area contributed by atoms with Gasteiger partial charge in [0, 0.05) is 12.6 Å². The molecule has 0 unspecified atom stereocenters. The number of sulfonamides is 1. The first-order valence-electron chi connectivity index (χ1n) is 6.90. The van der Waals surface area contributed by atoms with E-state index in [4.69, 9.17) is 5.73 Å². The summed E-state index contributed by atoms with van der Waals surface area (Å²) in [5.41, 5.74) is 6.61. The third-order valence-electron chi connectivity index (χ3n) is 3.47. The highest BCUT2D eigenvalue weighted by molar-refractivity contribution is 7.89. The molecule has 4 nitrogen and oxygen atoms in total. The number of nitrogens with two attached hydrogens (primary N) is 1. The summed E-state index contributed by atoms with van der Waals surface area (Å²) >= 11 is 0. The van der Waals surface area contributed by atoms with Gasteiger partial charge in [0.2, 0.25) is 10.0 Å². The summed E-state index contributed by atoms with van der Waals surface area (Å²) < 4.78 is 26.6. The van der Waals surface area contributed by atoms with Gasteiger partial charge in [0.15, 0.2) is 0 Å². The van der Waals surface area contributed by atoms with E-state index < -0.39 is 10.0 Å². The lowest BCUT2D eigenvalue weighted by Gasteiger charge is -2.20. The Labute approximate surface area is 115 Å². The minimum absolute atomic E-state index is 0.215. The van der Waals surface area contributed by atoms with Gasteiger partial charge in [-0.3, -0.25) is 0 Å². The monoisotopic (exact) mass is 282 g/mol. The molecule has 1 aliphatic carbocycles. The van der Waals surface area contributed by atoms with E-state index in [1.807, 2.05) is 19.1 Å². The van der Waals surface area contributed by atoms with E-state index in [-0.39, 0.29) is 6.04 Å². The Kier molecular flexibility index (Phi) is 4.60. The zero-order valence-electron chi connectivity index (χ0n) is 11.4. The van der Waals surface area contributed by atoms with Gasteiger partial charge in [-0.15, -0.1) is 0 Å². The Balaban J connectivity index is 2.16. The van der Waals surface area contributed by atoms with Gasteiger partial charge < -0.3 is 5.73 Å². The molecule has 5 heteroatoms. The number of rotatable bonds is 7. The molecule has 1 aromatic carbocycles. The van der Waals surface area contributed by atoms with Crippen LogP contribution in [0.3, 0.4) is 0 Å². The third kappa shape index (κ3) is 3.35. The van der Waals surface area contributed by atoms with Crippen molar-refractivity contribution in [2.24, 2.45) is 5.73 Å². The van der Waals surface area contributed by atoms with Crippen LogP contribution in [0.15, 0.2) is 29.2 Å². The molecule has 19 heavy (non-hydrogen) atoms. The van der Waals surface area contributed by atoms with Crippen LogP contribution in [0.5, 0.6) is 0 Å². The number of hydrogen-bond acceptors (Lipinski definition) is 3. The zero-order valence-corrected chi connectivity index (χ0v) is 12.2. The summed E-state index contributed by atoms with van der Waals surface area (Å²) in [6, 6.07) is 7.43. The first kappa shape index (κ1) is 14.5. The van der Waals surface area contributed by atoms with E-state index in [0.717, 1.165) is 31.2 Å². The number of aryl methyl sites for hydroxylation is 1. The van der Waals surface area contributed by atoms with Crippen LogP contribution in [0, 0.1) is 0 Å². The van der Waals surface area contributed by atoms with Crippen LogP contribution in [0.2, 0.25) is 0 Å². The van der Waals surface area contributed by atoms with Crippen molar-refractivity contribution in [1.29, 1.82) is 0 Å². The van der Waals surface area contributed by atoms with Crippen molar-refractivity contribution >= 4 is 10.0 Å². The smallest absolute Gasteiger partial charge is 0.243 e. The Morgan fingerprint density at radius 1 is 1.26 bits per heavy atom. The molecular weight excluding hydrogens is 260 g/mol. The van der Waals surface area contributed by atoms with Crippen LogP contribution in [-0.4, -0.2) is 31.9 Å². The van der Waals surface area contributed by atoms with Gasteiger partial charge >= 0.3 is 0 Å². The van der Waals surface area contributed by atoms with Gasteiger partial charge in [0.05, 0.1) is 4.90 Å². The molecule has 2 N–H and O–H groups in total. The maximum Gasteiger partial charge on any atom is 0.243 e. The average Bonchev–Trinajstić information content (AvgIpc) is 3.22. The Hall–Kier alpha value is -0.910. The number of benzene rings is 1. The summed E-state index contributed by atoms with van der Waals surface area (Å²) in [6.07, 6.45) is 3.80. The fourth-order valence-corrected chi connectivity index (χ4v) is 3.95. The van der Waals surface area contributed by atoms with Gasteiger partial charge in [-0.1, -0.05) is 19.1 Å². The van der Waals surface area contributed by atoms with E-state index in [0.29, 0.717) is 18.0 Å². The molecule has 1 fully saturated rings. The maximum absolute atomic E-state index is 12.5. The molecule has 0 heterocycles. The maximum atomic E-state index is 12.5. The van der Waals surface area contributed by atoms with Crippen molar-refractivity contribution < 1.29 is 8.42 Å². The van der Waals surface area contributed by atoms with Gasteiger partial charge in [0.1, 0.15) is 0 Å². The molecule has 0 aliphatic heterocycles. The number of nitrogens with zero attached hydrogens (tertiary/aromatic N) is 1. The molecule has 2 rings (SSSR count). The minimum atomic E-state index is -3.32. The molecule has 1 aliphatic rings. The van der Waals surface area contributed by atoms with Crippen LogP contribution in [0.25, 0.3) is 0 Å². The van der Waals surface area contributed by atoms with E-state index in [2.05, 4.69) is 0 Å². The predicted octanol–water partition coefficient (Wildman–Crippen LogP) is 1.75. The van der Waals surface area contributed by atoms with Crippen molar-refractivity contribution in [3.8, 4) is 0 Å². The van der Waals surface area contributed by atoms with Crippen LogP contribution < -0.4 is 5.73 Å². The van der Waals surface area contributed by atoms with Crippen molar-refractivity contribution in [3.63, 3.8) is 0 Å². The summed E-state index contributed by atoms with van der Waals surface area (Å²) in [4.78, 5) is 0.401. The van der Waals surface area contributed by atoms with Crippen molar-refractivity contribution in [2.45, 2.75) is 43.5 Å². The quantitative estimate of drug-likeness (QED) is 0.828. The highest BCUT2D eigenvalue weighted by Gasteiger charge is 2.36. The molecule has 0 saturated heterocycles. The standard InChI is InChI=1S/C14H22N2O2S/c1-2-16(13-7-8-13)19(17,18)14-9-5-12(6-10-14)4-3-11-15/h5-6,9-10,13H,2-4,7-8,11,15H2,1H3.